The molecule has 9 aromatic rings. The Morgan fingerprint density at radius 3 is 1.63 bits per heavy atom. The smallest absolute Gasteiger partial charge is 0.134 e. The normalized spacial score (nSPS) is 13.8. The van der Waals surface area contributed by atoms with Crippen LogP contribution in [-0.4, -0.2) is 9.55 Å². The minimum Gasteiger partial charge on any atom is -0.295 e. The first-order valence-electron chi connectivity index (χ1n) is 16.0. The first-order valence-corrected chi connectivity index (χ1v) is 16.0. The van der Waals surface area contributed by atoms with E-state index in [2.05, 4.69) is 162 Å². The molecule has 0 saturated carbocycles. The van der Waals surface area contributed by atoms with Crippen LogP contribution in [0.25, 0.3) is 71.3 Å². The minimum atomic E-state index is -0.503. The fourth-order valence-corrected chi connectivity index (χ4v) is 8.71. The second-order valence-electron chi connectivity index (χ2n) is 12.7. The van der Waals surface area contributed by atoms with Gasteiger partial charge in [0, 0.05) is 0 Å². The topological polar surface area (TPSA) is 17.8 Å². The molecule has 0 amide bonds. The average Bonchev–Trinajstić information content (AvgIpc) is 3.75. The Labute approximate surface area is 265 Å². The van der Waals surface area contributed by atoms with Crippen molar-refractivity contribution in [1.82, 2.24) is 9.55 Å². The first kappa shape index (κ1) is 24.3. The minimum absolute atomic E-state index is 0.503. The highest BCUT2D eigenvalue weighted by atomic mass is 15.1. The van der Waals surface area contributed by atoms with Gasteiger partial charge in [-0.3, -0.25) is 4.57 Å². The van der Waals surface area contributed by atoms with Crippen molar-refractivity contribution in [2.24, 2.45) is 0 Å². The number of nitrogens with zero attached hydrogens (tertiary/aromatic N) is 2. The third-order valence-corrected chi connectivity index (χ3v) is 10.6. The van der Waals surface area contributed by atoms with Gasteiger partial charge in [0.25, 0.3) is 0 Å². The summed E-state index contributed by atoms with van der Waals surface area (Å²) in [4.78, 5) is 5.41. The quantitative estimate of drug-likeness (QED) is 0.176. The number of fused-ring (bicyclic) bond motifs is 18. The fraction of sp³-hybridized carbons (Fsp3) is 0.0227. The SMILES string of the molecule is c1ccc2c(c1)-c1ccccc1C21c2cc(-c3ccc4c5ccccc5c5ccccc5c4c3)ccc2-n2c1nc1ccccc12. The van der Waals surface area contributed by atoms with E-state index >= 15 is 0 Å². The van der Waals surface area contributed by atoms with Crippen LogP contribution in [0.15, 0.2) is 158 Å². The van der Waals surface area contributed by atoms with E-state index in [1.54, 1.807) is 0 Å². The predicted octanol–water partition coefficient (Wildman–Crippen LogP) is 10.8. The second kappa shape index (κ2) is 8.59. The monoisotopic (exact) mass is 582 g/mol. The molecule has 2 heteroatoms. The molecular formula is C44H26N2. The molecule has 1 aliphatic heterocycles. The van der Waals surface area contributed by atoms with Crippen molar-refractivity contribution in [3.05, 3.63) is 180 Å². The Balaban J connectivity index is 1.23. The zero-order chi connectivity index (χ0) is 30.0. The van der Waals surface area contributed by atoms with Crippen molar-refractivity contribution in [3.63, 3.8) is 0 Å². The molecule has 0 radical (unpaired) electrons. The average molecular weight is 583 g/mol. The lowest BCUT2D eigenvalue weighted by atomic mass is 9.72. The van der Waals surface area contributed by atoms with Crippen LogP contribution in [-0.2, 0) is 5.41 Å². The van der Waals surface area contributed by atoms with Crippen LogP contribution in [0, 0.1) is 0 Å². The zero-order valence-electron chi connectivity index (χ0n) is 24.9. The van der Waals surface area contributed by atoms with Gasteiger partial charge in [0.05, 0.1) is 16.7 Å². The van der Waals surface area contributed by atoms with E-state index in [1.165, 1.54) is 76.9 Å². The van der Waals surface area contributed by atoms with Crippen LogP contribution in [0.3, 0.4) is 0 Å². The summed E-state index contributed by atoms with van der Waals surface area (Å²) in [5.41, 5.74) is 11.8. The lowest BCUT2D eigenvalue weighted by Crippen LogP contribution is -2.27. The van der Waals surface area contributed by atoms with E-state index in [0.29, 0.717) is 0 Å². The highest BCUT2D eigenvalue weighted by Gasteiger charge is 2.54. The molecule has 2 aliphatic rings. The van der Waals surface area contributed by atoms with Gasteiger partial charge in [0.1, 0.15) is 11.2 Å². The maximum atomic E-state index is 5.41. The van der Waals surface area contributed by atoms with E-state index in [9.17, 15) is 0 Å². The van der Waals surface area contributed by atoms with Gasteiger partial charge >= 0.3 is 0 Å². The highest BCUT2D eigenvalue weighted by molar-refractivity contribution is 6.25. The van der Waals surface area contributed by atoms with Gasteiger partial charge in [-0.05, 0) is 102 Å². The van der Waals surface area contributed by atoms with E-state index in [4.69, 9.17) is 4.98 Å². The maximum Gasteiger partial charge on any atom is 0.134 e. The molecule has 0 bridgehead atoms. The molecule has 1 aromatic heterocycles. The number of rotatable bonds is 1. The van der Waals surface area contributed by atoms with Crippen LogP contribution in [0.5, 0.6) is 0 Å². The summed E-state index contributed by atoms with van der Waals surface area (Å²) in [6, 6.07) is 58.1. The number of hydrogen-bond donors (Lipinski definition) is 0. The Hall–Kier alpha value is -5.99. The van der Waals surface area contributed by atoms with Gasteiger partial charge < -0.3 is 0 Å². The molecule has 8 aromatic carbocycles. The van der Waals surface area contributed by atoms with Crippen molar-refractivity contribution in [2.45, 2.75) is 5.41 Å². The number of imidazole rings is 1. The first-order chi connectivity index (χ1) is 22.8. The van der Waals surface area contributed by atoms with Crippen LogP contribution in [0.1, 0.15) is 22.5 Å². The summed E-state index contributed by atoms with van der Waals surface area (Å²) in [6.07, 6.45) is 0. The molecule has 212 valence electrons. The zero-order valence-corrected chi connectivity index (χ0v) is 24.9. The van der Waals surface area contributed by atoms with E-state index in [1.807, 2.05) is 0 Å². The van der Waals surface area contributed by atoms with Crippen LogP contribution in [0.2, 0.25) is 0 Å². The van der Waals surface area contributed by atoms with Crippen molar-refractivity contribution in [2.75, 3.05) is 0 Å². The lowest BCUT2D eigenvalue weighted by molar-refractivity contribution is 0.738. The van der Waals surface area contributed by atoms with E-state index in [0.717, 1.165) is 16.9 Å². The van der Waals surface area contributed by atoms with Gasteiger partial charge in [-0.1, -0.05) is 127 Å². The Morgan fingerprint density at radius 1 is 0.413 bits per heavy atom. The molecule has 1 spiro atoms. The fourth-order valence-electron chi connectivity index (χ4n) is 8.71. The van der Waals surface area contributed by atoms with Crippen LogP contribution >= 0.6 is 0 Å². The number of benzene rings is 8. The molecule has 0 unspecified atom stereocenters. The van der Waals surface area contributed by atoms with Gasteiger partial charge in [-0.25, -0.2) is 4.98 Å². The Bertz CT molecular complexity index is 2680. The molecule has 46 heavy (non-hydrogen) atoms. The van der Waals surface area contributed by atoms with Gasteiger partial charge in [0.15, 0.2) is 0 Å². The summed E-state index contributed by atoms with van der Waals surface area (Å²) in [5.74, 6) is 1.08. The number of para-hydroxylation sites is 2. The third kappa shape index (κ3) is 2.86. The van der Waals surface area contributed by atoms with Gasteiger partial charge in [-0.2, -0.15) is 0 Å². The summed E-state index contributed by atoms with van der Waals surface area (Å²) in [7, 11) is 0. The molecule has 2 heterocycles. The predicted molar refractivity (Wildman–Crippen MR) is 190 cm³/mol. The summed E-state index contributed by atoms with van der Waals surface area (Å²) >= 11 is 0. The third-order valence-electron chi connectivity index (χ3n) is 10.6. The Morgan fingerprint density at radius 2 is 0.935 bits per heavy atom. The number of aromatic nitrogens is 2. The molecule has 1 aliphatic carbocycles. The van der Waals surface area contributed by atoms with Crippen molar-refractivity contribution in [1.29, 1.82) is 0 Å². The standard InChI is InChI=1S/C44H26N2/c1-2-13-31-29(11-1)30-12-3-4-14-32(30)36-25-27(21-23-33(31)36)28-22-24-41-39(26-28)44(43-45-40-19-9-10-20-42(40)46(41)43)37-17-7-5-15-34(37)35-16-6-8-18-38(35)44/h1-26H. The van der Waals surface area contributed by atoms with Crippen molar-refractivity contribution >= 4 is 43.4 Å². The van der Waals surface area contributed by atoms with Crippen molar-refractivity contribution < 1.29 is 0 Å². The van der Waals surface area contributed by atoms with E-state index in [-0.39, 0.29) is 0 Å². The summed E-state index contributed by atoms with van der Waals surface area (Å²) in [6.45, 7) is 0. The van der Waals surface area contributed by atoms with Crippen molar-refractivity contribution in [3.8, 4) is 27.9 Å². The van der Waals surface area contributed by atoms with Crippen LogP contribution in [0.4, 0.5) is 0 Å². The van der Waals surface area contributed by atoms with Gasteiger partial charge in [-0.15, -0.1) is 0 Å². The molecule has 11 rings (SSSR count). The second-order valence-corrected chi connectivity index (χ2v) is 12.7. The largest absolute Gasteiger partial charge is 0.295 e. The van der Waals surface area contributed by atoms with E-state index < -0.39 is 5.41 Å². The molecular weight excluding hydrogens is 556 g/mol. The lowest BCUT2D eigenvalue weighted by Gasteiger charge is -2.27. The molecule has 0 fully saturated rings. The molecule has 2 nitrogen and oxygen atoms in total. The summed E-state index contributed by atoms with van der Waals surface area (Å²) < 4.78 is 2.41. The summed E-state index contributed by atoms with van der Waals surface area (Å²) in [5, 5.41) is 7.77. The Kier molecular flexibility index (Phi) is 4.55. The van der Waals surface area contributed by atoms with Gasteiger partial charge in [0.2, 0.25) is 0 Å². The maximum absolute atomic E-state index is 5.41. The number of hydrogen-bond acceptors (Lipinski definition) is 1. The molecule has 0 atom stereocenters. The highest BCUT2D eigenvalue weighted by Crippen LogP contribution is 2.60. The molecule has 0 N–H and O–H groups in total. The van der Waals surface area contributed by atoms with Crippen LogP contribution < -0.4 is 0 Å². The molecule has 0 saturated heterocycles.